The molecule has 1 fully saturated rings. The molecule has 452 valence electrons. The van der Waals surface area contributed by atoms with Gasteiger partial charge in [0.15, 0.2) is 12.4 Å². The summed E-state index contributed by atoms with van der Waals surface area (Å²) in [6.45, 7) is 5.52. The second kappa shape index (κ2) is 54.9. The third-order valence-corrected chi connectivity index (χ3v) is 14.2. The van der Waals surface area contributed by atoms with E-state index < -0.39 is 67.4 Å². The van der Waals surface area contributed by atoms with Gasteiger partial charge in [0.05, 0.1) is 25.4 Å². The van der Waals surface area contributed by atoms with Gasteiger partial charge in [0.2, 0.25) is 5.91 Å². The van der Waals surface area contributed by atoms with Crippen molar-refractivity contribution in [3.8, 4) is 0 Å². The van der Waals surface area contributed by atoms with E-state index >= 15 is 0 Å². The number of ether oxygens (including phenoxy) is 3. The molecule has 1 rings (SSSR count). The van der Waals surface area contributed by atoms with Gasteiger partial charge in [-0.05, 0) is 89.9 Å². The summed E-state index contributed by atoms with van der Waals surface area (Å²) in [7, 11) is 0. The first-order valence-electron chi connectivity index (χ1n) is 31.7. The van der Waals surface area contributed by atoms with Crippen molar-refractivity contribution in [1.82, 2.24) is 5.32 Å². The smallest absolute Gasteiger partial charge is 0.306 e. The molecule has 1 amide bonds. The number of aliphatic hydroxyl groups excluding tert-OH is 5. The molecule has 8 unspecified atom stereocenters. The van der Waals surface area contributed by atoms with Crippen molar-refractivity contribution >= 4 is 11.9 Å². The van der Waals surface area contributed by atoms with Crippen molar-refractivity contribution in [2.75, 3.05) is 13.2 Å². The lowest BCUT2D eigenvalue weighted by molar-refractivity contribution is -0.305. The van der Waals surface area contributed by atoms with E-state index in [0.29, 0.717) is 12.8 Å². The summed E-state index contributed by atoms with van der Waals surface area (Å²) < 4.78 is 17.6. The van der Waals surface area contributed by atoms with Gasteiger partial charge in [0, 0.05) is 6.42 Å². The number of rotatable bonds is 52. The highest BCUT2D eigenvalue weighted by Crippen LogP contribution is 2.26. The Balaban J connectivity index is 2.61. The molecular formula is C68H115NO10. The van der Waals surface area contributed by atoms with Crippen LogP contribution >= 0.6 is 0 Å². The lowest BCUT2D eigenvalue weighted by Gasteiger charge is -2.41. The van der Waals surface area contributed by atoms with Gasteiger partial charge in [-0.25, -0.2) is 0 Å². The van der Waals surface area contributed by atoms with Crippen LogP contribution < -0.4 is 5.32 Å². The first kappa shape index (κ1) is 73.3. The summed E-state index contributed by atoms with van der Waals surface area (Å²) in [6, 6.07) is -1.04. The second-order valence-electron chi connectivity index (χ2n) is 21.4. The van der Waals surface area contributed by atoms with Crippen LogP contribution in [-0.4, -0.2) is 99.6 Å². The molecule has 0 aromatic rings. The van der Waals surface area contributed by atoms with Crippen LogP contribution in [0.1, 0.15) is 245 Å². The number of aliphatic hydroxyl groups is 5. The molecule has 0 radical (unpaired) electrons. The van der Waals surface area contributed by atoms with E-state index in [0.717, 1.165) is 135 Å². The fourth-order valence-electron chi connectivity index (χ4n) is 9.27. The van der Waals surface area contributed by atoms with E-state index in [2.05, 4.69) is 111 Å². The van der Waals surface area contributed by atoms with Crippen molar-refractivity contribution < 1.29 is 49.3 Å². The summed E-state index contributed by atoms with van der Waals surface area (Å²) in [5, 5.41) is 56.9. The molecular weight excluding hydrogens is 991 g/mol. The number of amides is 1. The Kier molecular flexibility index (Phi) is 50.9. The normalized spacial score (nSPS) is 19.6. The minimum atomic E-state index is -1.62. The van der Waals surface area contributed by atoms with Crippen LogP contribution in [0.25, 0.3) is 0 Å². The van der Waals surface area contributed by atoms with Gasteiger partial charge >= 0.3 is 5.97 Å². The summed E-state index contributed by atoms with van der Waals surface area (Å²) in [5.41, 5.74) is 0. The molecule has 0 spiro atoms. The second-order valence-corrected chi connectivity index (χ2v) is 21.4. The predicted molar refractivity (Wildman–Crippen MR) is 328 cm³/mol. The van der Waals surface area contributed by atoms with Crippen molar-refractivity contribution in [3.05, 3.63) is 109 Å². The highest BCUT2D eigenvalue weighted by atomic mass is 16.7. The number of carbonyl (C=O) groups is 2. The van der Waals surface area contributed by atoms with Crippen LogP contribution in [0, 0.1) is 0 Å². The molecule has 0 aromatic heterocycles. The average Bonchev–Trinajstić information content (AvgIpc) is 3.47. The Morgan fingerprint density at radius 3 is 1.51 bits per heavy atom. The van der Waals surface area contributed by atoms with Gasteiger partial charge < -0.3 is 45.1 Å². The molecule has 1 aliphatic rings. The van der Waals surface area contributed by atoms with Crippen molar-refractivity contribution in [2.45, 2.75) is 294 Å². The van der Waals surface area contributed by atoms with Crippen LogP contribution in [0.15, 0.2) is 109 Å². The Labute approximate surface area is 481 Å². The number of esters is 1. The molecule has 0 saturated carbocycles. The van der Waals surface area contributed by atoms with E-state index in [4.69, 9.17) is 14.2 Å². The van der Waals surface area contributed by atoms with Crippen LogP contribution in [-0.2, 0) is 23.8 Å². The quantitative estimate of drug-likeness (QED) is 0.0149. The Bertz CT molecular complexity index is 1700. The van der Waals surface area contributed by atoms with E-state index in [-0.39, 0.29) is 19.4 Å². The number of unbranched alkanes of at least 4 members (excludes halogenated alkanes) is 24. The Morgan fingerprint density at radius 2 is 0.975 bits per heavy atom. The third-order valence-electron chi connectivity index (χ3n) is 14.2. The van der Waals surface area contributed by atoms with E-state index in [9.17, 15) is 35.1 Å². The summed E-state index contributed by atoms with van der Waals surface area (Å²) in [4.78, 5) is 26.5. The molecule has 0 bridgehead atoms. The highest BCUT2D eigenvalue weighted by Gasteiger charge is 2.47. The summed E-state index contributed by atoms with van der Waals surface area (Å²) in [5.74, 6) is -1.22. The largest absolute Gasteiger partial charge is 0.454 e. The van der Waals surface area contributed by atoms with Crippen LogP contribution in [0.2, 0.25) is 0 Å². The van der Waals surface area contributed by atoms with Crippen molar-refractivity contribution in [3.63, 3.8) is 0 Å². The third kappa shape index (κ3) is 42.8. The SMILES string of the molecule is CC/C=C\C/C=C\C/C=C\C/C=C\C/C=C\CCCCCCCCCCCC(=O)OC1C(OCC(NC(=O)C(O)CCCCCCCC/C=C/C=C/C=C/CC)C(O)/C=C/CCCCCCCCCCC)OC(CO)C(O)C1O. The van der Waals surface area contributed by atoms with Gasteiger partial charge in [-0.1, -0.05) is 259 Å². The maximum Gasteiger partial charge on any atom is 0.306 e. The molecule has 0 aromatic carbocycles. The summed E-state index contributed by atoms with van der Waals surface area (Å²) in [6.07, 6.45) is 64.1. The van der Waals surface area contributed by atoms with Gasteiger partial charge in [-0.3, -0.25) is 9.59 Å². The van der Waals surface area contributed by atoms with E-state index in [1.165, 1.54) is 64.2 Å². The lowest BCUT2D eigenvalue weighted by Crippen LogP contribution is -2.61. The molecule has 8 atom stereocenters. The molecule has 11 nitrogen and oxygen atoms in total. The molecule has 1 saturated heterocycles. The van der Waals surface area contributed by atoms with Gasteiger partial charge in [-0.15, -0.1) is 0 Å². The molecule has 79 heavy (non-hydrogen) atoms. The molecule has 6 N–H and O–H groups in total. The van der Waals surface area contributed by atoms with Crippen molar-refractivity contribution in [2.24, 2.45) is 0 Å². The predicted octanol–water partition coefficient (Wildman–Crippen LogP) is 15.3. The minimum Gasteiger partial charge on any atom is -0.454 e. The lowest BCUT2D eigenvalue weighted by atomic mass is 9.99. The topological polar surface area (TPSA) is 175 Å². The molecule has 1 heterocycles. The van der Waals surface area contributed by atoms with Crippen LogP contribution in [0.3, 0.4) is 0 Å². The van der Waals surface area contributed by atoms with E-state index in [1.807, 2.05) is 18.2 Å². The van der Waals surface area contributed by atoms with Crippen LogP contribution in [0.4, 0.5) is 0 Å². The molecule has 0 aliphatic carbocycles. The van der Waals surface area contributed by atoms with Crippen molar-refractivity contribution in [1.29, 1.82) is 0 Å². The highest BCUT2D eigenvalue weighted by molar-refractivity contribution is 5.80. The number of allylic oxidation sites excluding steroid dienone is 17. The zero-order valence-corrected chi connectivity index (χ0v) is 50.0. The van der Waals surface area contributed by atoms with Gasteiger partial charge in [0.25, 0.3) is 0 Å². The zero-order chi connectivity index (χ0) is 57.5. The molecule has 1 aliphatic heterocycles. The van der Waals surface area contributed by atoms with E-state index in [1.54, 1.807) is 6.08 Å². The number of hydrogen-bond acceptors (Lipinski definition) is 10. The monoisotopic (exact) mass is 1110 g/mol. The Morgan fingerprint density at radius 1 is 0.519 bits per heavy atom. The fourth-order valence-corrected chi connectivity index (χ4v) is 9.27. The standard InChI is InChI=1S/C68H115NO10/c1-4-7-10-13-16-19-22-24-26-27-28-29-30-31-32-33-34-35-36-38-41-44-47-50-53-56-63(73)79-66-65(75)64(74)62(57-70)78-68(66)77-58-59(60(71)54-51-48-45-42-39-21-18-15-12-9-6-3)69-67(76)61(72)55-52-49-46-43-40-37-25-23-20-17-14-11-8-5-2/h7-8,10-11,14,16-17,19-20,23-24,26,28-29,31-32,51,54,59-62,64-66,68,70-72,74-75H,4-6,9,12-13,15,18,21-22,25,27,30,33-50,52-53,55-58H2,1-3H3,(H,69,76)/b10-7-,11-8+,17-14+,19-16-,23-20+,26-24-,29-28-,32-31-,54-51+. The first-order valence-corrected chi connectivity index (χ1v) is 31.7. The summed E-state index contributed by atoms with van der Waals surface area (Å²) >= 11 is 0. The maximum absolute atomic E-state index is 13.4. The first-order chi connectivity index (χ1) is 38.7. The number of nitrogens with one attached hydrogen (secondary N) is 1. The maximum atomic E-state index is 13.4. The average molecular weight is 1110 g/mol. The van der Waals surface area contributed by atoms with Gasteiger partial charge in [0.1, 0.15) is 24.4 Å². The number of carbonyl (C=O) groups excluding carboxylic acids is 2. The zero-order valence-electron chi connectivity index (χ0n) is 50.0. The van der Waals surface area contributed by atoms with Crippen LogP contribution in [0.5, 0.6) is 0 Å². The molecule has 11 heteroatoms. The minimum absolute atomic E-state index is 0.109. The fraction of sp³-hybridized carbons (Fsp3) is 0.706. The van der Waals surface area contributed by atoms with Gasteiger partial charge in [-0.2, -0.15) is 0 Å². The Hall–Kier alpha value is -3.68. The number of hydrogen-bond donors (Lipinski definition) is 6.